The Morgan fingerprint density at radius 1 is 0.820 bits per heavy atom. The molecule has 0 aliphatic carbocycles. The minimum absolute atomic E-state index is 0.0405. The molecule has 18 heteroatoms. The molecule has 0 atom stereocenters. The highest BCUT2D eigenvalue weighted by molar-refractivity contribution is 7.90. The first-order valence-electron chi connectivity index (χ1n) is 13.8. The maximum absolute atomic E-state index is 15.1. The third kappa shape index (κ3) is 5.54. The Morgan fingerprint density at radius 2 is 1.44 bits per heavy atom. The second-order valence-electron chi connectivity index (χ2n) is 11.0. The molecule has 258 valence electrons. The number of carbonyl (C=O) groups excluding carboxylic acids is 2. The van der Waals surface area contributed by atoms with E-state index in [1.54, 1.807) is 0 Å². The van der Waals surface area contributed by atoms with Crippen LogP contribution in [-0.2, 0) is 23.1 Å². The average Bonchev–Trinajstić information content (AvgIpc) is 3.63. The number of ketones is 1. The zero-order valence-corrected chi connectivity index (χ0v) is 25.9. The van der Waals surface area contributed by atoms with E-state index in [4.69, 9.17) is 0 Å². The van der Waals surface area contributed by atoms with Crippen molar-refractivity contribution in [2.24, 2.45) is 7.05 Å². The molecular weight excluding hydrogens is 707 g/mol. The highest BCUT2D eigenvalue weighted by Crippen LogP contribution is 2.41. The number of halogens is 9. The van der Waals surface area contributed by atoms with Crippen molar-refractivity contribution in [1.82, 2.24) is 14.0 Å². The van der Waals surface area contributed by atoms with E-state index in [1.165, 1.54) is 64.2 Å². The van der Waals surface area contributed by atoms with Gasteiger partial charge in [-0.1, -0.05) is 6.07 Å². The van der Waals surface area contributed by atoms with Gasteiger partial charge in [-0.2, -0.15) is 13.2 Å². The first-order chi connectivity index (χ1) is 23.3. The molecule has 1 amide bonds. The molecule has 0 aliphatic rings. The van der Waals surface area contributed by atoms with Crippen LogP contribution in [-0.4, -0.2) is 40.3 Å². The van der Waals surface area contributed by atoms with E-state index in [-0.39, 0.29) is 39.6 Å². The number of rotatable bonds is 6. The summed E-state index contributed by atoms with van der Waals surface area (Å²) in [5.74, 6) is -16.4. The van der Waals surface area contributed by atoms with Gasteiger partial charge in [0.05, 0.1) is 34.1 Å². The predicted octanol–water partition coefficient (Wildman–Crippen LogP) is 7.23. The van der Waals surface area contributed by atoms with Gasteiger partial charge < -0.3 is 14.3 Å². The molecule has 0 spiro atoms. The second kappa shape index (κ2) is 11.7. The van der Waals surface area contributed by atoms with Gasteiger partial charge in [-0.15, -0.1) is 0 Å². The number of hydrogen-bond donors (Lipinski definition) is 1. The third-order valence-corrected chi connectivity index (χ3v) is 8.85. The Morgan fingerprint density at radius 3 is 2.02 bits per heavy atom. The first-order valence-corrected chi connectivity index (χ1v) is 15.7. The van der Waals surface area contributed by atoms with Gasteiger partial charge in [0.2, 0.25) is 5.78 Å². The van der Waals surface area contributed by atoms with Crippen LogP contribution in [0.3, 0.4) is 0 Å². The fraction of sp³-hybridized carbons (Fsp3) is 0.0938. The van der Waals surface area contributed by atoms with Crippen molar-refractivity contribution >= 4 is 43.8 Å². The maximum atomic E-state index is 15.1. The number of nitrogens with one attached hydrogen (secondary N) is 1. The number of fused-ring (bicyclic) bond motifs is 2. The highest BCUT2D eigenvalue weighted by atomic mass is 32.2. The number of alkyl halides is 3. The first kappa shape index (κ1) is 34.2. The fourth-order valence-corrected chi connectivity index (χ4v) is 6.30. The van der Waals surface area contributed by atoms with Crippen LogP contribution in [0.2, 0.25) is 0 Å². The summed E-state index contributed by atoms with van der Waals surface area (Å²) in [6.07, 6.45) is -1.90. The largest absolute Gasteiger partial charge is 0.417 e. The van der Waals surface area contributed by atoms with Crippen LogP contribution in [0.15, 0.2) is 66.0 Å². The van der Waals surface area contributed by atoms with Crippen LogP contribution in [0, 0.1) is 34.9 Å². The number of pyridine rings is 1. The van der Waals surface area contributed by atoms with Gasteiger partial charge in [0.1, 0.15) is 27.8 Å². The third-order valence-electron chi connectivity index (χ3n) is 7.75. The van der Waals surface area contributed by atoms with E-state index in [0.29, 0.717) is 12.1 Å². The van der Waals surface area contributed by atoms with Crippen molar-refractivity contribution in [3.8, 4) is 11.1 Å². The standard InChI is InChI=1S/C32H17F9N4O4S/c1-44-12-42-19-10-15(16(11-22(19)44)32(39,40)41)14-4-3-7-45-20(14)5-6-21(45)29(46)13-8-17(33)28(18(34)9-13)43-31(47)23-24(35)26(37)30(50(2,48)49)27(38)25(23)36/h3-12H,1-2H3,(H,43,47). The van der Waals surface area contributed by atoms with E-state index < -0.39 is 89.9 Å². The van der Waals surface area contributed by atoms with E-state index in [1.807, 2.05) is 0 Å². The van der Waals surface area contributed by atoms with Gasteiger partial charge in [0.25, 0.3) is 5.91 Å². The SMILES string of the molecule is Cn1cnc2cc(-c3cccn4c(C(=O)c5cc(F)c(NC(=O)c6c(F)c(F)c(S(C)(=O)=O)c(F)c6F)c(F)c5)ccc34)c(C(F)(F)F)cc21. The number of nitrogens with zero attached hydrogens (tertiary/aromatic N) is 3. The van der Waals surface area contributed by atoms with E-state index >= 15 is 8.78 Å². The van der Waals surface area contributed by atoms with Crippen molar-refractivity contribution in [2.75, 3.05) is 11.6 Å². The molecule has 3 heterocycles. The molecule has 6 rings (SSSR count). The lowest BCUT2D eigenvalue weighted by molar-refractivity contribution is -0.137. The van der Waals surface area contributed by atoms with Gasteiger partial charge in [0.15, 0.2) is 33.1 Å². The molecule has 0 saturated carbocycles. The minimum atomic E-state index is -4.87. The van der Waals surface area contributed by atoms with Gasteiger partial charge in [-0.3, -0.25) is 9.59 Å². The number of sulfone groups is 1. The highest BCUT2D eigenvalue weighted by Gasteiger charge is 2.36. The zero-order chi connectivity index (χ0) is 36.6. The van der Waals surface area contributed by atoms with E-state index in [9.17, 15) is 48.7 Å². The molecule has 0 bridgehead atoms. The van der Waals surface area contributed by atoms with Crippen LogP contribution in [0.1, 0.15) is 32.0 Å². The molecule has 3 aromatic heterocycles. The summed E-state index contributed by atoms with van der Waals surface area (Å²) in [5.41, 5.74) is -5.01. The molecule has 0 aliphatic heterocycles. The monoisotopic (exact) mass is 724 g/mol. The molecule has 8 nitrogen and oxygen atoms in total. The van der Waals surface area contributed by atoms with Crippen molar-refractivity contribution in [3.63, 3.8) is 0 Å². The number of amides is 1. The summed E-state index contributed by atoms with van der Waals surface area (Å²) in [6, 6.07) is 8.22. The molecule has 3 aromatic carbocycles. The Labute approximate surface area is 274 Å². The Hall–Kier alpha value is -5.65. The van der Waals surface area contributed by atoms with Crippen LogP contribution in [0.5, 0.6) is 0 Å². The average molecular weight is 725 g/mol. The smallest absolute Gasteiger partial charge is 0.334 e. The zero-order valence-electron chi connectivity index (χ0n) is 25.1. The number of carbonyl (C=O) groups is 2. The van der Waals surface area contributed by atoms with Gasteiger partial charge >= 0.3 is 6.18 Å². The lowest BCUT2D eigenvalue weighted by Gasteiger charge is -2.15. The normalized spacial score (nSPS) is 12.2. The quantitative estimate of drug-likeness (QED) is 0.111. The topological polar surface area (TPSA) is 103 Å². The number of hydrogen-bond acceptors (Lipinski definition) is 5. The van der Waals surface area contributed by atoms with Gasteiger partial charge in [0, 0.05) is 30.6 Å². The summed E-state index contributed by atoms with van der Waals surface area (Å²) in [6.45, 7) is 0. The Kier molecular flexibility index (Phi) is 8.04. The van der Waals surface area contributed by atoms with Crippen molar-refractivity contribution in [3.05, 3.63) is 118 Å². The predicted molar refractivity (Wildman–Crippen MR) is 159 cm³/mol. The summed E-state index contributed by atoms with van der Waals surface area (Å²) >= 11 is 0. The van der Waals surface area contributed by atoms with Crippen molar-refractivity contribution in [1.29, 1.82) is 0 Å². The van der Waals surface area contributed by atoms with E-state index in [0.717, 1.165) is 6.07 Å². The van der Waals surface area contributed by atoms with E-state index in [2.05, 4.69) is 4.98 Å². The summed E-state index contributed by atoms with van der Waals surface area (Å²) < 4.78 is 156. The van der Waals surface area contributed by atoms with Crippen LogP contribution >= 0.6 is 0 Å². The molecule has 6 aromatic rings. The van der Waals surface area contributed by atoms with Crippen LogP contribution < -0.4 is 5.32 Å². The Balaban J connectivity index is 1.37. The lowest BCUT2D eigenvalue weighted by Crippen LogP contribution is -2.22. The fourth-order valence-electron chi connectivity index (χ4n) is 5.47. The second-order valence-corrected chi connectivity index (χ2v) is 12.9. The molecule has 0 saturated heterocycles. The molecule has 0 unspecified atom stereocenters. The minimum Gasteiger partial charge on any atom is -0.334 e. The molecule has 50 heavy (non-hydrogen) atoms. The molecule has 1 N–H and O–H groups in total. The van der Waals surface area contributed by atoms with Gasteiger partial charge in [-0.05, 0) is 48.0 Å². The van der Waals surface area contributed by atoms with Crippen molar-refractivity contribution < 1.29 is 57.5 Å². The number of aromatic nitrogens is 3. The number of imidazole rings is 1. The summed E-state index contributed by atoms with van der Waals surface area (Å²) in [5, 5.41) is 1.41. The van der Waals surface area contributed by atoms with Crippen molar-refractivity contribution in [2.45, 2.75) is 11.1 Å². The maximum Gasteiger partial charge on any atom is 0.417 e. The number of aryl methyl sites for hydroxylation is 1. The number of benzene rings is 3. The lowest BCUT2D eigenvalue weighted by atomic mass is 9.98. The Bertz CT molecular complexity index is 2510. The summed E-state index contributed by atoms with van der Waals surface area (Å²) in [7, 11) is -3.34. The molecular formula is C32H17F9N4O4S. The molecule has 0 fully saturated rings. The number of anilines is 1. The van der Waals surface area contributed by atoms with Crippen LogP contribution in [0.4, 0.5) is 45.2 Å². The molecule has 0 radical (unpaired) electrons. The van der Waals surface area contributed by atoms with Gasteiger partial charge in [-0.25, -0.2) is 39.7 Å². The van der Waals surface area contributed by atoms with Crippen LogP contribution in [0.25, 0.3) is 27.7 Å². The summed E-state index contributed by atoms with van der Waals surface area (Å²) in [4.78, 5) is 28.1.